The Bertz CT molecular complexity index is 342. The fourth-order valence-electron chi connectivity index (χ4n) is 2.78. The topological polar surface area (TPSA) is 56.7 Å². The zero-order chi connectivity index (χ0) is 11.1. The summed E-state index contributed by atoms with van der Waals surface area (Å²) in [6.45, 7) is 7.42. The predicted octanol–water partition coefficient (Wildman–Crippen LogP) is 1.73. The van der Waals surface area contributed by atoms with Crippen LogP contribution in [0.4, 0.5) is 0 Å². The molecule has 84 valence electrons. The summed E-state index contributed by atoms with van der Waals surface area (Å²) >= 11 is 0. The average Bonchev–Trinajstić information content (AvgIpc) is 2.69. The summed E-state index contributed by atoms with van der Waals surface area (Å²) in [5.41, 5.74) is 6.84. The molecule has 0 spiro atoms. The average molecular weight is 208 g/mol. The molecule has 2 unspecified atom stereocenters. The lowest BCUT2D eigenvalue weighted by Gasteiger charge is -2.16. The van der Waals surface area contributed by atoms with Gasteiger partial charge < -0.3 is 5.73 Å². The van der Waals surface area contributed by atoms with E-state index >= 15 is 0 Å². The number of hydrogen-bond acceptors (Lipinski definition) is 3. The molecular weight excluding hydrogens is 188 g/mol. The van der Waals surface area contributed by atoms with Crippen LogP contribution in [0.2, 0.25) is 0 Å². The molecule has 1 aromatic rings. The van der Waals surface area contributed by atoms with Crippen LogP contribution in [0.5, 0.6) is 0 Å². The minimum Gasteiger partial charge on any atom is -0.325 e. The van der Waals surface area contributed by atoms with Crippen molar-refractivity contribution in [3.05, 3.63) is 11.9 Å². The van der Waals surface area contributed by atoms with E-state index in [-0.39, 0.29) is 0 Å². The van der Waals surface area contributed by atoms with E-state index in [9.17, 15) is 0 Å². The SMILES string of the molecule is CC1CC(C)(C)CC1n1cc(CN)nn1. The molecular formula is C11H20N4. The third-order valence-corrected chi connectivity index (χ3v) is 3.40. The van der Waals surface area contributed by atoms with Crippen molar-refractivity contribution < 1.29 is 0 Å². The fraction of sp³-hybridized carbons (Fsp3) is 0.818. The normalized spacial score (nSPS) is 29.6. The van der Waals surface area contributed by atoms with Crippen LogP contribution in [0.25, 0.3) is 0 Å². The van der Waals surface area contributed by atoms with Crippen molar-refractivity contribution >= 4 is 0 Å². The highest BCUT2D eigenvalue weighted by Gasteiger charge is 2.38. The van der Waals surface area contributed by atoms with Crippen LogP contribution in [0.15, 0.2) is 6.20 Å². The van der Waals surface area contributed by atoms with Gasteiger partial charge in [-0.15, -0.1) is 5.10 Å². The van der Waals surface area contributed by atoms with E-state index < -0.39 is 0 Å². The maximum Gasteiger partial charge on any atom is 0.0962 e. The first-order valence-corrected chi connectivity index (χ1v) is 5.62. The molecule has 0 aromatic carbocycles. The summed E-state index contributed by atoms with van der Waals surface area (Å²) in [7, 11) is 0. The summed E-state index contributed by atoms with van der Waals surface area (Å²) in [6, 6.07) is 0.493. The monoisotopic (exact) mass is 208 g/mol. The Balaban J connectivity index is 2.17. The quantitative estimate of drug-likeness (QED) is 0.805. The van der Waals surface area contributed by atoms with Gasteiger partial charge in [-0.2, -0.15) is 0 Å². The number of nitrogens with two attached hydrogens (primary N) is 1. The second kappa shape index (κ2) is 3.59. The lowest BCUT2D eigenvalue weighted by molar-refractivity contribution is 0.344. The van der Waals surface area contributed by atoms with E-state index in [2.05, 4.69) is 31.1 Å². The molecule has 1 heterocycles. The van der Waals surface area contributed by atoms with Crippen molar-refractivity contribution in [3.8, 4) is 0 Å². The lowest BCUT2D eigenvalue weighted by Crippen LogP contribution is -2.13. The molecule has 0 bridgehead atoms. The Morgan fingerprint density at radius 1 is 1.53 bits per heavy atom. The third-order valence-electron chi connectivity index (χ3n) is 3.40. The lowest BCUT2D eigenvalue weighted by atomic mass is 9.91. The summed E-state index contributed by atoms with van der Waals surface area (Å²) < 4.78 is 2.00. The van der Waals surface area contributed by atoms with Gasteiger partial charge in [-0.25, -0.2) is 4.68 Å². The van der Waals surface area contributed by atoms with E-state index in [1.807, 2.05) is 10.9 Å². The zero-order valence-electron chi connectivity index (χ0n) is 9.77. The van der Waals surface area contributed by atoms with Gasteiger partial charge in [0.2, 0.25) is 0 Å². The number of hydrogen-bond donors (Lipinski definition) is 1. The molecule has 1 aliphatic carbocycles. The highest BCUT2D eigenvalue weighted by atomic mass is 15.4. The maximum atomic E-state index is 5.53. The first-order valence-electron chi connectivity index (χ1n) is 5.62. The van der Waals surface area contributed by atoms with Crippen molar-refractivity contribution in [1.82, 2.24) is 15.0 Å². The van der Waals surface area contributed by atoms with Gasteiger partial charge in [0.1, 0.15) is 0 Å². The van der Waals surface area contributed by atoms with Crippen molar-refractivity contribution in [2.45, 2.75) is 46.2 Å². The molecule has 1 aromatic heterocycles. The number of aromatic nitrogens is 3. The van der Waals surface area contributed by atoms with Crippen molar-refractivity contribution in [3.63, 3.8) is 0 Å². The Kier molecular flexibility index (Phi) is 2.54. The highest BCUT2D eigenvalue weighted by Crippen LogP contribution is 2.46. The van der Waals surface area contributed by atoms with Crippen molar-refractivity contribution in [2.24, 2.45) is 17.1 Å². The Morgan fingerprint density at radius 2 is 2.27 bits per heavy atom. The molecule has 4 heteroatoms. The van der Waals surface area contributed by atoms with Crippen LogP contribution in [-0.2, 0) is 6.54 Å². The van der Waals surface area contributed by atoms with Crippen LogP contribution >= 0.6 is 0 Å². The summed E-state index contributed by atoms with van der Waals surface area (Å²) in [6.07, 6.45) is 4.43. The molecule has 1 saturated carbocycles. The van der Waals surface area contributed by atoms with Gasteiger partial charge in [0.15, 0.2) is 0 Å². The summed E-state index contributed by atoms with van der Waals surface area (Å²) in [5, 5.41) is 8.22. The highest BCUT2D eigenvalue weighted by molar-refractivity contribution is 4.96. The molecule has 0 radical (unpaired) electrons. The standard InChI is InChI=1S/C11H20N4/c1-8-4-11(2,3)5-10(8)15-7-9(6-12)13-14-15/h7-8,10H,4-6,12H2,1-3H3. The first-order chi connectivity index (χ1) is 7.02. The molecule has 2 rings (SSSR count). The molecule has 15 heavy (non-hydrogen) atoms. The molecule has 0 aliphatic heterocycles. The van der Waals surface area contributed by atoms with Gasteiger partial charge in [-0.05, 0) is 24.2 Å². The van der Waals surface area contributed by atoms with Gasteiger partial charge in [0, 0.05) is 6.54 Å². The van der Waals surface area contributed by atoms with Crippen molar-refractivity contribution in [1.29, 1.82) is 0 Å². The van der Waals surface area contributed by atoms with E-state index in [1.54, 1.807) is 0 Å². The molecule has 0 amide bonds. The van der Waals surface area contributed by atoms with Gasteiger partial charge in [0.05, 0.1) is 17.9 Å². The van der Waals surface area contributed by atoms with Crippen LogP contribution in [0.3, 0.4) is 0 Å². The largest absolute Gasteiger partial charge is 0.325 e. The minimum atomic E-state index is 0.429. The van der Waals surface area contributed by atoms with E-state index in [4.69, 9.17) is 5.73 Å². The van der Waals surface area contributed by atoms with Gasteiger partial charge >= 0.3 is 0 Å². The van der Waals surface area contributed by atoms with E-state index in [1.165, 1.54) is 12.8 Å². The smallest absolute Gasteiger partial charge is 0.0962 e. The van der Waals surface area contributed by atoms with Gasteiger partial charge in [-0.1, -0.05) is 26.0 Å². The number of rotatable bonds is 2. The summed E-state index contributed by atoms with van der Waals surface area (Å²) in [5.74, 6) is 0.673. The third kappa shape index (κ3) is 2.04. The Labute approximate surface area is 90.8 Å². The van der Waals surface area contributed by atoms with Gasteiger partial charge in [-0.3, -0.25) is 0 Å². The van der Waals surface area contributed by atoms with Crippen molar-refractivity contribution in [2.75, 3.05) is 0 Å². The molecule has 2 N–H and O–H groups in total. The predicted molar refractivity (Wildman–Crippen MR) is 59.1 cm³/mol. The molecule has 1 fully saturated rings. The molecule has 1 aliphatic rings. The molecule has 2 atom stereocenters. The maximum absolute atomic E-state index is 5.53. The zero-order valence-corrected chi connectivity index (χ0v) is 9.77. The minimum absolute atomic E-state index is 0.429. The fourth-order valence-corrected chi connectivity index (χ4v) is 2.78. The Morgan fingerprint density at radius 3 is 2.73 bits per heavy atom. The molecule has 4 nitrogen and oxygen atoms in total. The van der Waals surface area contributed by atoms with Crippen LogP contribution in [0, 0.1) is 11.3 Å². The van der Waals surface area contributed by atoms with E-state index in [0.717, 1.165) is 5.69 Å². The van der Waals surface area contributed by atoms with Crippen LogP contribution in [0.1, 0.15) is 45.3 Å². The first kappa shape index (κ1) is 10.6. The second-order valence-corrected chi connectivity index (χ2v) is 5.51. The van der Waals surface area contributed by atoms with Crippen LogP contribution < -0.4 is 5.73 Å². The van der Waals surface area contributed by atoms with E-state index in [0.29, 0.717) is 23.9 Å². The molecule has 0 saturated heterocycles. The Hall–Kier alpha value is -0.900. The summed E-state index contributed by atoms with van der Waals surface area (Å²) in [4.78, 5) is 0. The second-order valence-electron chi connectivity index (χ2n) is 5.51. The van der Waals surface area contributed by atoms with Gasteiger partial charge in [0.25, 0.3) is 0 Å². The number of nitrogens with zero attached hydrogens (tertiary/aromatic N) is 3. The van der Waals surface area contributed by atoms with Crippen LogP contribution in [-0.4, -0.2) is 15.0 Å².